The number of amidine groups is 1. The van der Waals surface area contributed by atoms with Crippen LogP contribution in [0.4, 0.5) is 4.39 Å². The Morgan fingerprint density at radius 1 is 1.62 bits per heavy atom. The molecule has 0 amide bonds. The van der Waals surface area contributed by atoms with Gasteiger partial charge < -0.3 is 10.3 Å². The second-order valence-electron chi connectivity index (χ2n) is 4.95. The van der Waals surface area contributed by atoms with Crippen molar-refractivity contribution in [2.75, 3.05) is 0 Å². The average molecular weight is 303 g/mol. The number of nitriles is 1. The second kappa shape index (κ2) is 4.57. The van der Waals surface area contributed by atoms with Crippen LogP contribution in [0.1, 0.15) is 24.0 Å². The van der Waals surface area contributed by atoms with Crippen molar-refractivity contribution in [3.63, 3.8) is 0 Å². The zero-order chi connectivity index (χ0) is 15.2. The number of imidazole rings is 1. The van der Waals surface area contributed by atoms with Gasteiger partial charge in [-0.15, -0.1) is 0 Å². The summed E-state index contributed by atoms with van der Waals surface area (Å²) in [6.07, 6.45) is 0. The standard InChI is InChI=1S/C14H10ClFN5/c1-14(8-4-2-3-5-9(8)16)7-21-10(6-17)11(15)19-13(21)12(18)20-14/h3-5H,7H2,1H3,(H2,18,20). The van der Waals surface area contributed by atoms with E-state index in [9.17, 15) is 9.65 Å². The van der Waals surface area contributed by atoms with E-state index in [1.807, 2.05) is 6.07 Å². The molecule has 3 rings (SSSR count). The van der Waals surface area contributed by atoms with Gasteiger partial charge in [-0.05, 0) is 25.1 Å². The highest BCUT2D eigenvalue weighted by molar-refractivity contribution is 6.30. The van der Waals surface area contributed by atoms with Gasteiger partial charge in [-0.3, -0.25) is 4.99 Å². The number of aliphatic imine (C=N–C) groups is 1. The molecule has 7 heteroatoms. The highest BCUT2D eigenvalue weighted by Gasteiger charge is 2.36. The maximum Gasteiger partial charge on any atom is 0.177 e. The maximum absolute atomic E-state index is 14.1. The molecule has 21 heavy (non-hydrogen) atoms. The first kappa shape index (κ1) is 13.6. The smallest absolute Gasteiger partial charge is 0.177 e. The molecular weight excluding hydrogens is 293 g/mol. The van der Waals surface area contributed by atoms with Gasteiger partial charge in [-0.25, -0.2) is 9.37 Å². The SMILES string of the molecule is CC1(c2c[c]ccc2F)Cn2c(nc(Cl)c2C#N)C(N)=N1. The summed E-state index contributed by atoms with van der Waals surface area (Å²) in [4.78, 5) is 8.39. The van der Waals surface area contributed by atoms with Crippen molar-refractivity contribution < 1.29 is 4.39 Å². The van der Waals surface area contributed by atoms with Gasteiger partial charge in [0.15, 0.2) is 22.5 Å². The van der Waals surface area contributed by atoms with Crippen LogP contribution in [0.25, 0.3) is 0 Å². The van der Waals surface area contributed by atoms with Gasteiger partial charge in [0.05, 0.1) is 6.54 Å². The van der Waals surface area contributed by atoms with Crippen LogP contribution in [0.15, 0.2) is 23.2 Å². The van der Waals surface area contributed by atoms with Crippen molar-refractivity contribution in [2.45, 2.75) is 19.0 Å². The predicted molar refractivity (Wildman–Crippen MR) is 75.3 cm³/mol. The summed E-state index contributed by atoms with van der Waals surface area (Å²) in [7, 11) is 0. The molecule has 0 fully saturated rings. The predicted octanol–water partition coefficient (Wildman–Crippen LogP) is 1.98. The molecule has 0 aliphatic carbocycles. The largest absolute Gasteiger partial charge is 0.381 e. The van der Waals surface area contributed by atoms with Gasteiger partial charge in [0.25, 0.3) is 0 Å². The van der Waals surface area contributed by atoms with Gasteiger partial charge >= 0.3 is 0 Å². The minimum Gasteiger partial charge on any atom is -0.381 e. The summed E-state index contributed by atoms with van der Waals surface area (Å²) < 4.78 is 15.6. The fourth-order valence-corrected chi connectivity index (χ4v) is 2.73. The molecule has 5 nitrogen and oxygen atoms in total. The number of aromatic nitrogens is 2. The Hall–Kier alpha value is -2.39. The zero-order valence-corrected chi connectivity index (χ0v) is 11.8. The maximum atomic E-state index is 14.1. The van der Waals surface area contributed by atoms with E-state index in [4.69, 9.17) is 17.3 Å². The van der Waals surface area contributed by atoms with Gasteiger partial charge in [-0.1, -0.05) is 17.7 Å². The third kappa shape index (κ3) is 1.98. The highest BCUT2D eigenvalue weighted by Crippen LogP contribution is 2.34. The molecule has 2 aromatic rings. The van der Waals surface area contributed by atoms with E-state index in [-0.39, 0.29) is 23.2 Å². The first-order valence-electron chi connectivity index (χ1n) is 6.14. The lowest BCUT2D eigenvalue weighted by Crippen LogP contribution is -2.38. The lowest BCUT2D eigenvalue weighted by molar-refractivity contribution is 0.382. The molecule has 1 atom stereocenters. The topological polar surface area (TPSA) is 80.0 Å². The van der Waals surface area contributed by atoms with Crippen LogP contribution >= 0.6 is 11.6 Å². The summed E-state index contributed by atoms with van der Waals surface area (Å²) in [5.41, 5.74) is 5.51. The third-order valence-electron chi connectivity index (χ3n) is 3.48. The summed E-state index contributed by atoms with van der Waals surface area (Å²) in [5.74, 6) is 0.0470. The van der Waals surface area contributed by atoms with Crippen molar-refractivity contribution in [2.24, 2.45) is 10.7 Å². The normalized spacial score (nSPS) is 20.6. The van der Waals surface area contributed by atoms with Crippen LogP contribution in [0, 0.1) is 23.2 Å². The zero-order valence-electron chi connectivity index (χ0n) is 11.1. The van der Waals surface area contributed by atoms with E-state index in [1.54, 1.807) is 11.5 Å². The number of rotatable bonds is 1. The van der Waals surface area contributed by atoms with Crippen LogP contribution in [-0.2, 0) is 12.1 Å². The number of nitrogens with zero attached hydrogens (tertiary/aromatic N) is 4. The molecule has 0 saturated carbocycles. The van der Waals surface area contributed by atoms with Crippen molar-refractivity contribution >= 4 is 17.4 Å². The van der Waals surface area contributed by atoms with Crippen LogP contribution in [-0.4, -0.2) is 15.4 Å². The lowest BCUT2D eigenvalue weighted by Gasteiger charge is -2.31. The Kier molecular flexibility index (Phi) is 2.96. The van der Waals surface area contributed by atoms with Gasteiger partial charge in [-0.2, -0.15) is 5.26 Å². The van der Waals surface area contributed by atoms with Crippen molar-refractivity contribution in [1.29, 1.82) is 5.26 Å². The molecule has 2 heterocycles. The summed E-state index contributed by atoms with van der Waals surface area (Å²) in [6.45, 7) is 1.96. The quantitative estimate of drug-likeness (QED) is 0.874. The third-order valence-corrected chi connectivity index (χ3v) is 3.75. The van der Waals surface area contributed by atoms with Crippen LogP contribution < -0.4 is 5.73 Å². The van der Waals surface area contributed by atoms with E-state index in [0.717, 1.165) is 0 Å². The number of nitrogens with two attached hydrogens (primary N) is 1. The minimum atomic E-state index is -0.950. The fraction of sp³-hybridized carbons (Fsp3) is 0.214. The highest BCUT2D eigenvalue weighted by atomic mass is 35.5. The first-order valence-corrected chi connectivity index (χ1v) is 6.52. The molecule has 1 aromatic carbocycles. The summed E-state index contributed by atoms with van der Waals surface area (Å²) in [6, 6.07) is 9.14. The Morgan fingerprint density at radius 3 is 3.05 bits per heavy atom. The van der Waals surface area contributed by atoms with Crippen LogP contribution in [0.3, 0.4) is 0 Å². The molecule has 1 aromatic heterocycles. The second-order valence-corrected chi connectivity index (χ2v) is 5.31. The summed E-state index contributed by atoms with van der Waals surface area (Å²) >= 11 is 5.93. The van der Waals surface area contributed by atoms with Gasteiger partial charge in [0.2, 0.25) is 0 Å². The van der Waals surface area contributed by atoms with Gasteiger partial charge in [0, 0.05) is 5.56 Å². The Balaban J connectivity index is 2.19. The van der Waals surface area contributed by atoms with Crippen molar-refractivity contribution in [3.05, 3.63) is 52.3 Å². The van der Waals surface area contributed by atoms with E-state index in [2.05, 4.69) is 16.0 Å². The minimum absolute atomic E-state index is 0.0648. The van der Waals surface area contributed by atoms with Crippen LogP contribution in [0.2, 0.25) is 5.15 Å². The van der Waals surface area contributed by atoms with Crippen molar-refractivity contribution in [1.82, 2.24) is 9.55 Å². The number of hydrogen-bond acceptors (Lipinski definition) is 4. The molecule has 0 saturated heterocycles. The van der Waals surface area contributed by atoms with Crippen LogP contribution in [0.5, 0.6) is 0 Å². The van der Waals surface area contributed by atoms with Crippen molar-refractivity contribution in [3.8, 4) is 6.07 Å². The van der Waals surface area contributed by atoms with E-state index < -0.39 is 11.4 Å². The fourth-order valence-electron chi connectivity index (χ4n) is 2.51. The molecule has 0 spiro atoms. The number of hydrogen-bond donors (Lipinski definition) is 1. The monoisotopic (exact) mass is 302 g/mol. The number of benzene rings is 1. The molecule has 0 bridgehead atoms. The average Bonchev–Trinajstić information content (AvgIpc) is 2.75. The first-order chi connectivity index (χ1) is 9.96. The van der Waals surface area contributed by atoms with E-state index in [1.165, 1.54) is 18.2 Å². The molecule has 1 aliphatic heterocycles. The van der Waals surface area contributed by atoms with E-state index in [0.29, 0.717) is 11.4 Å². The van der Waals surface area contributed by atoms with Gasteiger partial charge in [0.1, 0.15) is 17.4 Å². The Labute approximate surface area is 125 Å². The van der Waals surface area contributed by atoms with E-state index >= 15 is 0 Å². The lowest BCUT2D eigenvalue weighted by atomic mass is 9.90. The molecule has 1 radical (unpaired) electrons. The molecule has 2 N–H and O–H groups in total. The number of halogens is 2. The Morgan fingerprint density at radius 2 is 2.38 bits per heavy atom. The molecule has 1 unspecified atom stereocenters. The summed E-state index contributed by atoms with van der Waals surface area (Å²) in [5, 5.41) is 9.25. The Bertz CT molecular complexity index is 804. The number of fused-ring (bicyclic) bond motifs is 1. The molecular formula is C14H10ClFN5. The molecule has 1 aliphatic rings. The molecule has 105 valence electrons.